The van der Waals surface area contributed by atoms with E-state index in [1.165, 1.54) is 105 Å². The van der Waals surface area contributed by atoms with E-state index in [1.54, 1.807) is 11.1 Å². The van der Waals surface area contributed by atoms with Crippen molar-refractivity contribution >= 4 is 0 Å². The van der Waals surface area contributed by atoms with Gasteiger partial charge in [-0.1, -0.05) is 147 Å². The van der Waals surface area contributed by atoms with Gasteiger partial charge in [0.05, 0.1) is 5.41 Å². The first-order valence-corrected chi connectivity index (χ1v) is 16.9. The highest BCUT2D eigenvalue weighted by Crippen LogP contribution is 2.61. The highest BCUT2D eigenvalue weighted by molar-refractivity contribution is 5.92. The minimum atomic E-state index is -0.379. The zero-order chi connectivity index (χ0) is 30.6. The second kappa shape index (κ2) is 10.9. The summed E-state index contributed by atoms with van der Waals surface area (Å²) in [6.45, 7) is 13.6. The second-order valence-corrected chi connectivity index (χ2v) is 13.8. The van der Waals surface area contributed by atoms with E-state index in [0.29, 0.717) is 0 Å². The molecule has 5 aromatic carbocycles. The van der Waals surface area contributed by atoms with Crippen molar-refractivity contribution in [3.8, 4) is 22.3 Å². The molecule has 0 aliphatic heterocycles. The number of hydrogen-bond acceptors (Lipinski definition) is 0. The van der Waals surface area contributed by atoms with Gasteiger partial charge >= 0.3 is 0 Å². The molecule has 0 aromatic heterocycles. The first kappa shape index (κ1) is 28.8. The molecule has 0 unspecified atom stereocenters. The molecule has 7 rings (SSSR count). The lowest BCUT2D eigenvalue weighted by Gasteiger charge is -2.35. The van der Waals surface area contributed by atoms with Crippen molar-refractivity contribution in [1.29, 1.82) is 0 Å². The Morgan fingerprint density at radius 1 is 0.409 bits per heavy atom. The first-order valence-electron chi connectivity index (χ1n) is 16.9. The first-order chi connectivity index (χ1) is 21.3. The largest absolute Gasteiger partial charge is 0.0713 e. The second-order valence-electron chi connectivity index (χ2n) is 13.8. The van der Waals surface area contributed by atoms with Crippen molar-refractivity contribution in [2.75, 3.05) is 0 Å². The third-order valence-electron chi connectivity index (χ3n) is 10.8. The van der Waals surface area contributed by atoms with E-state index in [0.717, 1.165) is 0 Å². The van der Waals surface area contributed by atoms with Crippen molar-refractivity contribution < 1.29 is 0 Å². The third-order valence-corrected chi connectivity index (χ3v) is 10.8. The molecule has 0 radical (unpaired) electrons. The van der Waals surface area contributed by atoms with E-state index in [9.17, 15) is 0 Å². The standard InChI is InChI=1S/C44H46/c1-7-9-23-43(24-10-8-2)39-25-31(5)15-21-35(39)37-28-42-38(27-40(37)43)36-22-16-32(6)26-41(36)44(42,33-17-11-29(3)12-18-33)34-19-13-30(4)14-20-34/h11-22,25-28H,7-10,23-24H2,1-6H3. The third kappa shape index (κ3) is 4.17. The summed E-state index contributed by atoms with van der Waals surface area (Å²) in [5.41, 5.74) is 19.4. The summed E-state index contributed by atoms with van der Waals surface area (Å²) in [5, 5.41) is 0. The highest BCUT2D eigenvalue weighted by Gasteiger charge is 2.49. The minimum absolute atomic E-state index is 0.0710. The van der Waals surface area contributed by atoms with Crippen LogP contribution in [0.2, 0.25) is 0 Å². The minimum Gasteiger partial charge on any atom is -0.0654 e. The fraction of sp³-hybridized carbons (Fsp3) is 0.318. The summed E-state index contributed by atoms with van der Waals surface area (Å²) in [6.07, 6.45) is 7.38. The molecular weight excluding hydrogens is 528 g/mol. The molecule has 0 bridgehead atoms. The van der Waals surface area contributed by atoms with Gasteiger partial charge in [-0.2, -0.15) is 0 Å². The van der Waals surface area contributed by atoms with Gasteiger partial charge in [0, 0.05) is 5.41 Å². The van der Waals surface area contributed by atoms with Gasteiger partial charge in [0.15, 0.2) is 0 Å². The number of rotatable bonds is 8. The Morgan fingerprint density at radius 3 is 1.32 bits per heavy atom. The summed E-state index contributed by atoms with van der Waals surface area (Å²) >= 11 is 0. The lowest BCUT2D eigenvalue weighted by Crippen LogP contribution is -2.29. The van der Waals surface area contributed by atoms with Gasteiger partial charge in [0.1, 0.15) is 0 Å². The summed E-state index contributed by atoms with van der Waals surface area (Å²) in [7, 11) is 0. The van der Waals surface area contributed by atoms with E-state index in [1.807, 2.05) is 0 Å². The van der Waals surface area contributed by atoms with Crippen LogP contribution in [0.25, 0.3) is 22.3 Å². The number of aryl methyl sites for hydroxylation is 4. The zero-order valence-corrected chi connectivity index (χ0v) is 27.5. The smallest absolute Gasteiger partial charge is 0.0654 e. The van der Waals surface area contributed by atoms with Crippen molar-refractivity contribution in [1.82, 2.24) is 0 Å². The Labute approximate surface area is 265 Å². The maximum absolute atomic E-state index is 2.66. The van der Waals surface area contributed by atoms with E-state index >= 15 is 0 Å². The van der Waals surface area contributed by atoms with Crippen molar-refractivity contribution in [2.24, 2.45) is 0 Å². The van der Waals surface area contributed by atoms with E-state index in [4.69, 9.17) is 0 Å². The quantitative estimate of drug-likeness (QED) is 0.170. The van der Waals surface area contributed by atoms with Crippen molar-refractivity contribution in [3.63, 3.8) is 0 Å². The molecule has 2 aliphatic rings. The molecule has 44 heavy (non-hydrogen) atoms. The Morgan fingerprint density at radius 2 is 0.795 bits per heavy atom. The van der Waals surface area contributed by atoms with Crippen LogP contribution < -0.4 is 0 Å². The zero-order valence-electron chi connectivity index (χ0n) is 27.5. The molecule has 0 N–H and O–H groups in total. The van der Waals surface area contributed by atoms with Crippen LogP contribution in [0.4, 0.5) is 0 Å². The van der Waals surface area contributed by atoms with Gasteiger partial charge in [0.25, 0.3) is 0 Å². The molecule has 0 heteroatoms. The lowest BCUT2D eigenvalue weighted by atomic mass is 9.66. The van der Waals surface area contributed by atoms with Gasteiger partial charge in [-0.25, -0.2) is 0 Å². The highest BCUT2D eigenvalue weighted by atomic mass is 14.5. The predicted molar refractivity (Wildman–Crippen MR) is 188 cm³/mol. The van der Waals surface area contributed by atoms with Crippen LogP contribution in [0, 0.1) is 27.7 Å². The van der Waals surface area contributed by atoms with Gasteiger partial charge in [0.2, 0.25) is 0 Å². The van der Waals surface area contributed by atoms with Crippen LogP contribution in [-0.2, 0) is 10.8 Å². The molecule has 0 atom stereocenters. The van der Waals surface area contributed by atoms with Crippen LogP contribution in [-0.4, -0.2) is 0 Å². The van der Waals surface area contributed by atoms with E-state index in [-0.39, 0.29) is 10.8 Å². The SMILES string of the molecule is CCCCC1(CCCC)c2cc(C)ccc2-c2cc3c(cc21)-c1ccc(C)cc1C3(c1ccc(C)cc1)c1ccc(C)cc1. The molecule has 0 nitrogen and oxygen atoms in total. The van der Waals surface area contributed by atoms with Gasteiger partial charge in [-0.05, 0) is 108 Å². The molecule has 0 saturated carbocycles. The maximum Gasteiger partial charge on any atom is 0.0713 e. The fourth-order valence-electron chi connectivity index (χ4n) is 8.55. The maximum atomic E-state index is 2.66. The van der Waals surface area contributed by atoms with Gasteiger partial charge in [-0.3, -0.25) is 0 Å². The van der Waals surface area contributed by atoms with E-state index < -0.39 is 0 Å². The molecule has 5 aromatic rings. The van der Waals surface area contributed by atoms with Crippen molar-refractivity contribution in [2.45, 2.75) is 90.9 Å². The topological polar surface area (TPSA) is 0 Å². The molecule has 2 aliphatic carbocycles. The summed E-state index contributed by atoms with van der Waals surface area (Å²) < 4.78 is 0. The Bertz CT molecular complexity index is 1800. The Kier molecular flexibility index (Phi) is 7.16. The Hall–Kier alpha value is -3.90. The van der Waals surface area contributed by atoms with Crippen molar-refractivity contribution in [3.05, 3.63) is 153 Å². The normalized spacial score (nSPS) is 15.0. The number of fused-ring (bicyclic) bond motifs is 6. The van der Waals surface area contributed by atoms with Crippen LogP contribution in [0.15, 0.2) is 97.1 Å². The van der Waals surface area contributed by atoms with Crippen LogP contribution in [0.3, 0.4) is 0 Å². The van der Waals surface area contributed by atoms with E-state index in [2.05, 4.69) is 139 Å². The Balaban J connectivity index is 1.61. The summed E-state index contributed by atoms with van der Waals surface area (Å²) in [6, 6.07) is 38.5. The molecule has 0 fully saturated rings. The summed E-state index contributed by atoms with van der Waals surface area (Å²) in [5.74, 6) is 0. The number of hydrogen-bond donors (Lipinski definition) is 0. The predicted octanol–water partition coefficient (Wildman–Crippen LogP) is 11.9. The van der Waals surface area contributed by atoms with Crippen LogP contribution in [0.5, 0.6) is 0 Å². The average Bonchev–Trinajstić information content (AvgIpc) is 3.45. The fourth-order valence-corrected chi connectivity index (χ4v) is 8.55. The van der Waals surface area contributed by atoms with Crippen LogP contribution in [0.1, 0.15) is 108 Å². The molecule has 222 valence electrons. The van der Waals surface area contributed by atoms with Gasteiger partial charge in [-0.15, -0.1) is 0 Å². The molecule has 0 saturated heterocycles. The van der Waals surface area contributed by atoms with Gasteiger partial charge < -0.3 is 0 Å². The molecule has 0 amide bonds. The molecule has 0 heterocycles. The molecular formula is C44H46. The number of unbranched alkanes of at least 4 members (excludes halogenated alkanes) is 2. The lowest BCUT2D eigenvalue weighted by molar-refractivity contribution is 0.414. The monoisotopic (exact) mass is 574 g/mol. The number of benzene rings is 5. The molecule has 0 spiro atoms. The average molecular weight is 575 g/mol. The summed E-state index contributed by atoms with van der Waals surface area (Å²) in [4.78, 5) is 0. The van der Waals surface area contributed by atoms with Crippen LogP contribution >= 0.6 is 0 Å².